The highest BCUT2D eigenvalue weighted by Gasteiger charge is 2.34. The molecule has 28 heavy (non-hydrogen) atoms. The normalized spacial score (nSPS) is 21.5. The lowest BCUT2D eigenvalue weighted by molar-refractivity contribution is -0.0289. The number of hydrogen-bond acceptors (Lipinski definition) is 4. The minimum absolute atomic E-state index is 0.0998. The molecule has 2 aliphatic heterocycles. The van der Waals surface area contributed by atoms with Crippen molar-refractivity contribution in [1.29, 1.82) is 0 Å². The molecule has 0 radical (unpaired) electrons. The molecule has 0 bridgehead atoms. The molecular formula is C21H22Cl3NO3. The summed E-state index contributed by atoms with van der Waals surface area (Å²) in [7, 11) is 0. The Bertz CT molecular complexity index is 839. The molecule has 0 saturated carbocycles. The van der Waals surface area contributed by atoms with Gasteiger partial charge in [0.2, 0.25) is 0 Å². The maximum atomic E-state index is 11.0. The number of ether oxygens (including phenoxy) is 2. The van der Waals surface area contributed by atoms with Crippen LogP contribution in [0.15, 0.2) is 36.4 Å². The molecule has 1 atom stereocenters. The molecule has 4 nitrogen and oxygen atoms in total. The maximum Gasteiger partial charge on any atom is 0.181 e. The summed E-state index contributed by atoms with van der Waals surface area (Å²) in [4.78, 5) is 2.35. The average molecular weight is 443 g/mol. The zero-order valence-electron chi connectivity index (χ0n) is 15.3. The molecule has 1 N–H and O–H groups in total. The number of aliphatic hydroxyl groups is 1. The molecule has 0 spiro atoms. The third-order valence-corrected chi connectivity index (χ3v) is 6.80. The highest BCUT2D eigenvalue weighted by Crippen LogP contribution is 2.46. The first-order valence-electron chi connectivity index (χ1n) is 9.43. The van der Waals surface area contributed by atoms with Crippen molar-refractivity contribution in [2.24, 2.45) is 0 Å². The number of likely N-dealkylation sites (tertiary alicyclic amines) is 1. The van der Waals surface area contributed by atoms with Crippen LogP contribution in [0, 0.1) is 0 Å². The van der Waals surface area contributed by atoms with Crippen molar-refractivity contribution >= 4 is 34.8 Å². The number of rotatable bonds is 4. The number of piperidine rings is 1. The molecule has 2 aromatic carbocycles. The van der Waals surface area contributed by atoms with Gasteiger partial charge in [0.25, 0.3) is 0 Å². The summed E-state index contributed by atoms with van der Waals surface area (Å²) in [5, 5.41) is 11.9. The van der Waals surface area contributed by atoms with Gasteiger partial charge in [-0.15, -0.1) is 0 Å². The minimum atomic E-state index is -0.731. The van der Waals surface area contributed by atoms with Gasteiger partial charge in [-0.2, -0.15) is 0 Å². The standard InChI is InChI=1S/C21H22Cl3NO3/c22-16-12-17-20(19(24)18(16)23)28-15(13-27-17)6-9-25-10-7-21(26,8-11-25)14-4-2-1-3-5-14/h1-5,12,15,26H,6-11,13H2. The van der Waals surface area contributed by atoms with E-state index in [9.17, 15) is 5.11 Å². The van der Waals surface area contributed by atoms with Gasteiger partial charge in [0, 0.05) is 32.1 Å². The molecule has 0 aromatic heterocycles. The zero-order chi connectivity index (χ0) is 19.7. The van der Waals surface area contributed by atoms with Crippen molar-refractivity contribution in [2.75, 3.05) is 26.2 Å². The van der Waals surface area contributed by atoms with Crippen LogP contribution in [-0.4, -0.2) is 42.4 Å². The van der Waals surface area contributed by atoms with Gasteiger partial charge in [0.15, 0.2) is 11.5 Å². The Kier molecular flexibility index (Phi) is 5.96. The summed E-state index contributed by atoms with van der Waals surface area (Å²) < 4.78 is 11.8. The molecule has 0 aliphatic carbocycles. The summed E-state index contributed by atoms with van der Waals surface area (Å²) in [5.41, 5.74) is 0.269. The van der Waals surface area contributed by atoms with Gasteiger partial charge in [-0.25, -0.2) is 0 Å². The van der Waals surface area contributed by atoms with Crippen molar-refractivity contribution in [3.8, 4) is 11.5 Å². The van der Waals surface area contributed by atoms with E-state index in [1.165, 1.54) is 0 Å². The second-order valence-electron chi connectivity index (χ2n) is 7.39. The Morgan fingerprint density at radius 2 is 1.79 bits per heavy atom. The molecule has 7 heteroatoms. The molecule has 1 fully saturated rings. The van der Waals surface area contributed by atoms with Crippen LogP contribution in [0.25, 0.3) is 0 Å². The van der Waals surface area contributed by atoms with Gasteiger partial charge in [0.05, 0.1) is 15.6 Å². The van der Waals surface area contributed by atoms with E-state index in [2.05, 4.69) is 4.90 Å². The molecule has 2 aromatic rings. The highest BCUT2D eigenvalue weighted by atomic mass is 35.5. The molecule has 2 heterocycles. The van der Waals surface area contributed by atoms with Crippen LogP contribution in [0.4, 0.5) is 0 Å². The lowest BCUT2D eigenvalue weighted by Gasteiger charge is -2.39. The van der Waals surface area contributed by atoms with Crippen LogP contribution in [0.3, 0.4) is 0 Å². The molecule has 1 unspecified atom stereocenters. The van der Waals surface area contributed by atoms with E-state index >= 15 is 0 Å². The number of fused-ring (bicyclic) bond motifs is 1. The summed E-state index contributed by atoms with van der Waals surface area (Å²) in [6.07, 6.45) is 2.15. The largest absolute Gasteiger partial charge is 0.486 e. The smallest absolute Gasteiger partial charge is 0.181 e. The fraction of sp³-hybridized carbons (Fsp3) is 0.429. The molecule has 0 amide bonds. The summed E-state index contributed by atoms with van der Waals surface area (Å²) in [6, 6.07) is 11.6. The van der Waals surface area contributed by atoms with Crippen LogP contribution in [0.1, 0.15) is 24.8 Å². The molecule has 150 valence electrons. The maximum absolute atomic E-state index is 11.0. The number of hydrogen-bond donors (Lipinski definition) is 1. The van der Waals surface area contributed by atoms with Crippen molar-refractivity contribution in [1.82, 2.24) is 4.90 Å². The highest BCUT2D eigenvalue weighted by molar-refractivity contribution is 6.48. The van der Waals surface area contributed by atoms with Crippen LogP contribution in [-0.2, 0) is 5.60 Å². The average Bonchev–Trinajstić information content (AvgIpc) is 2.73. The van der Waals surface area contributed by atoms with Crippen LogP contribution in [0.5, 0.6) is 11.5 Å². The fourth-order valence-corrected chi connectivity index (χ4v) is 4.43. The monoisotopic (exact) mass is 441 g/mol. The van der Waals surface area contributed by atoms with Crippen molar-refractivity contribution < 1.29 is 14.6 Å². The van der Waals surface area contributed by atoms with Gasteiger partial charge in [-0.05, 0) is 18.4 Å². The van der Waals surface area contributed by atoms with E-state index in [4.69, 9.17) is 44.3 Å². The van der Waals surface area contributed by atoms with Crippen LogP contribution < -0.4 is 9.47 Å². The third-order valence-electron chi connectivity index (χ3n) is 5.55. The number of nitrogens with zero attached hydrogens (tertiary/aromatic N) is 1. The first-order chi connectivity index (χ1) is 13.5. The van der Waals surface area contributed by atoms with Crippen molar-refractivity contribution in [3.05, 3.63) is 57.0 Å². The van der Waals surface area contributed by atoms with Crippen LogP contribution in [0.2, 0.25) is 15.1 Å². The fourth-order valence-electron chi connectivity index (χ4n) is 3.81. The van der Waals surface area contributed by atoms with E-state index in [0.717, 1.165) is 44.5 Å². The third kappa shape index (κ3) is 4.07. The zero-order valence-corrected chi connectivity index (χ0v) is 17.6. The van der Waals surface area contributed by atoms with E-state index in [1.807, 2.05) is 30.3 Å². The summed E-state index contributed by atoms with van der Waals surface area (Å²) >= 11 is 18.4. The van der Waals surface area contributed by atoms with E-state index < -0.39 is 5.60 Å². The SMILES string of the molecule is OC1(c2ccccc2)CCN(CCC2COc3cc(Cl)c(Cl)c(Cl)c3O2)CC1. The van der Waals surface area contributed by atoms with E-state index in [-0.39, 0.29) is 11.1 Å². The van der Waals surface area contributed by atoms with Crippen molar-refractivity contribution in [3.63, 3.8) is 0 Å². The van der Waals surface area contributed by atoms with Gasteiger partial charge in [0.1, 0.15) is 17.7 Å². The Balaban J connectivity index is 1.31. The van der Waals surface area contributed by atoms with Gasteiger partial charge >= 0.3 is 0 Å². The molecular weight excluding hydrogens is 421 g/mol. The quantitative estimate of drug-likeness (QED) is 0.664. The first kappa shape index (κ1) is 20.1. The Hall–Kier alpha value is -1.17. The Morgan fingerprint density at radius 1 is 1.07 bits per heavy atom. The van der Waals surface area contributed by atoms with Gasteiger partial charge < -0.3 is 19.5 Å². The number of halogens is 3. The molecule has 4 rings (SSSR count). The topological polar surface area (TPSA) is 41.9 Å². The van der Waals surface area contributed by atoms with Crippen molar-refractivity contribution in [2.45, 2.75) is 31.0 Å². The first-order valence-corrected chi connectivity index (χ1v) is 10.6. The van der Waals surface area contributed by atoms with E-state index in [0.29, 0.717) is 28.2 Å². The lowest BCUT2D eigenvalue weighted by atomic mass is 9.84. The minimum Gasteiger partial charge on any atom is -0.486 e. The van der Waals surface area contributed by atoms with E-state index in [1.54, 1.807) is 6.07 Å². The lowest BCUT2D eigenvalue weighted by Crippen LogP contribution is -2.44. The molecule has 1 saturated heterocycles. The second-order valence-corrected chi connectivity index (χ2v) is 8.56. The molecule has 2 aliphatic rings. The van der Waals surface area contributed by atoms with Gasteiger partial charge in [-0.3, -0.25) is 0 Å². The second kappa shape index (κ2) is 8.29. The number of benzene rings is 2. The summed E-state index contributed by atoms with van der Waals surface area (Å²) in [5.74, 6) is 0.992. The predicted molar refractivity (Wildman–Crippen MR) is 112 cm³/mol. The van der Waals surface area contributed by atoms with Gasteiger partial charge in [-0.1, -0.05) is 65.1 Å². The Morgan fingerprint density at radius 3 is 2.50 bits per heavy atom. The van der Waals surface area contributed by atoms with Crippen LogP contribution >= 0.6 is 34.8 Å². The Labute approximate surface area is 179 Å². The predicted octanol–water partition coefficient (Wildman–Crippen LogP) is 5.16. The summed E-state index contributed by atoms with van der Waals surface area (Å²) in [6.45, 7) is 3.01.